The van der Waals surface area contributed by atoms with Gasteiger partial charge in [-0.2, -0.15) is 4.98 Å². The van der Waals surface area contributed by atoms with Crippen molar-refractivity contribution in [1.82, 2.24) is 24.4 Å². The molecule has 4 aromatic rings. The fourth-order valence-electron chi connectivity index (χ4n) is 3.92. The van der Waals surface area contributed by atoms with E-state index in [1.54, 1.807) is 0 Å². The molecular formula is C23H24F2N6O. The van der Waals surface area contributed by atoms with E-state index >= 15 is 0 Å². The van der Waals surface area contributed by atoms with Gasteiger partial charge in [-0.25, -0.2) is 13.8 Å². The number of pyridine rings is 1. The monoisotopic (exact) mass is 438 g/mol. The molecule has 1 fully saturated rings. The van der Waals surface area contributed by atoms with Crippen LogP contribution in [0.3, 0.4) is 0 Å². The fourth-order valence-corrected chi connectivity index (χ4v) is 3.92. The van der Waals surface area contributed by atoms with Crippen molar-refractivity contribution in [2.24, 2.45) is 0 Å². The summed E-state index contributed by atoms with van der Waals surface area (Å²) in [4.78, 5) is 10.8. The quantitative estimate of drug-likeness (QED) is 0.477. The molecule has 7 nitrogen and oxygen atoms in total. The summed E-state index contributed by atoms with van der Waals surface area (Å²) in [5.74, 6) is -1.64. The predicted octanol–water partition coefficient (Wildman–Crippen LogP) is 4.54. The van der Waals surface area contributed by atoms with Crippen LogP contribution in [0, 0.1) is 6.92 Å². The number of halogens is 2. The van der Waals surface area contributed by atoms with Crippen molar-refractivity contribution in [3.8, 4) is 11.4 Å². The molecule has 0 saturated carbocycles. The molecule has 1 N–H and O–H groups in total. The number of nitrogens with zero attached hydrogens (tertiary/aromatic N) is 5. The van der Waals surface area contributed by atoms with Gasteiger partial charge in [-0.1, -0.05) is 23.4 Å². The number of anilines is 1. The molecule has 0 unspecified atom stereocenters. The molecule has 0 amide bonds. The first-order valence-corrected chi connectivity index (χ1v) is 10.7. The van der Waals surface area contributed by atoms with Crippen LogP contribution in [-0.4, -0.2) is 43.4 Å². The summed E-state index contributed by atoms with van der Waals surface area (Å²) in [6, 6.07) is 11.9. The van der Waals surface area contributed by atoms with Crippen LogP contribution in [0.4, 0.5) is 14.5 Å². The Morgan fingerprint density at radius 3 is 2.84 bits per heavy atom. The molecule has 1 aliphatic heterocycles. The number of piperidine rings is 1. The zero-order valence-electron chi connectivity index (χ0n) is 17.8. The van der Waals surface area contributed by atoms with Gasteiger partial charge in [0, 0.05) is 43.4 Å². The zero-order chi connectivity index (χ0) is 22.1. The number of likely N-dealkylation sites (tertiary alicyclic amines) is 1. The van der Waals surface area contributed by atoms with Crippen LogP contribution in [0.2, 0.25) is 0 Å². The number of rotatable bonds is 6. The molecule has 0 radical (unpaired) electrons. The average Bonchev–Trinajstić information content (AvgIpc) is 3.42. The molecule has 9 heteroatoms. The Balaban J connectivity index is 1.28. The zero-order valence-corrected chi connectivity index (χ0v) is 17.8. The number of fused-ring (bicyclic) bond motifs is 1. The molecule has 1 aliphatic rings. The standard InChI is InChI=1S/C23H24F2N6O/c1-16-5-6-17(12-19(16)26-13-18-14-27-20-4-2-3-9-31(18)20)22-28-21(32-29-22)15-30-10-7-23(24,25)8-11-30/h2-6,9,12,14,26H,7-8,10-11,13,15H2,1H3. The second-order valence-electron chi connectivity index (χ2n) is 8.21. The molecular weight excluding hydrogens is 414 g/mol. The maximum Gasteiger partial charge on any atom is 0.250 e. The summed E-state index contributed by atoms with van der Waals surface area (Å²) in [7, 11) is 0. The Hall–Kier alpha value is -3.33. The van der Waals surface area contributed by atoms with Crippen molar-refractivity contribution < 1.29 is 13.3 Å². The van der Waals surface area contributed by atoms with Gasteiger partial charge in [0.2, 0.25) is 11.7 Å². The SMILES string of the molecule is Cc1ccc(-c2noc(CN3CCC(F)(F)CC3)n2)cc1NCc1cnc2ccccn12. The number of hydrogen-bond acceptors (Lipinski definition) is 6. The van der Waals surface area contributed by atoms with Gasteiger partial charge in [-0.15, -0.1) is 0 Å². The lowest BCUT2D eigenvalue weighted by Crippen LogP contribution is -2.38. The molecule has 3 aromatic heterocycles. The highest BCUT2D eigenvalue weighted by Gasteiger charge is 2.34. The van der Waals surface area contributed by atoms with Gasteiger partial charge in [0.05, 0.1) is 25.0 Å². The summed E-state index contributed by atoms with van der Waals surface area (Å²) >= 11 is 0. The highest BCUT2D eigenvalue weighted by atomic mass is 19.3. The molecule has 166 valence electrons. The third kappa shape index (κ3) is 4.34. The van der Waals surface area contributed by atoms with E-state index in [9.17, 15) is 8.78 Å². The molecule has 0 bridgehead atoms. The first-order valence-electron chi connectivity index (χ1n) is 10.7. The minimum atomic E-state index is -2.56. The first-order chi connectivity index (χ1) is 15.5. The molecule has 32 heavy (non-hydrogen) atoms. The van der Waals surface area contributed by atoms with Crippen LogP contribution in [0.5, 0.6) is 0 Å². The molecule has 0 atom stereocenters. The van der Waals surface area contributed by atoms with Crippen molar-refractivity contribution in [3.05, 3.63) is 65.9 Å². The van der Waals surface area contributed by atoms with Crippen molar-refractivity contribution in [1.29, 1.82) is 0 Å². The van der Waals surface area contributed by atoms with Crippen LogP contribution in [0.15, 0.2) is 53.3 Å². The second-order valence-corrected chi connectivity index (χ2v) is 8.21. The third-order valence-electron chi connectivity index (χ3n) is 5.86. The topological polar surface area (TPSA) is 71.5 Å². The van der Waals surface area contributed by atoms with Crippen LogP contribution in [0.25, 0.3) is 17.0 Å². The Morgan fingerprint density at radius 1 is 1.16 bits per heavy atom. The molecule has 1 aromatic carbocycles. The summed E-state index contributed by atoms with van der Waals surface area (Å²) in [5.41, 5.74) is 4.86. The van der Waals surface area contributed by atoms with E-state index in [2.05, 4.69) is 20.4 Å². The Bertz CT molecular complexity index is 1220. The van der Waals surface area contributed by atoms with E-state index in [4.69, 9.17) is 4.52 Å². The Labute approximate surface area is 184 Å². The van der Waals surface area contributed by atoms with Gasteiger partial charge in [-0.3, -0.25) is 4.90 Å². The lowest BCUT2D eigenvalue weighted by atomic mass is 10.1. The third-order valence-corrected chi connectivity index (χ3v) is 5.86. The van der Waals surface area contributed by atoms with Gasteiger partial charge in [-0.05, 0) is 30.7 Å². The maximum atomic E-state index is 13.4. The second kappa shape index (κ2) is 8.31. The van der Waals surface area contributed by atoms with Crippen molar-refractivity contribution in [2.75, 3.05) is 18.4 Å². The minimum absolute atomic E-state index is 0.131. The number of hydrogen-bond donors (Lipinski definition) is 1. The number of aromatic nitrogens is 4. The van der Waals surface area contributed by atoms with Crippen molar-refractivity contribution in [2.45, 2.75) is 38.8 Å². The minimum Gasteiger partial charge on any atom is -0.379 e. The molecule has 0 aliphatic carbocycles. The average molecular weight is 438 g/mol. The van der Waals surface area contributed by atoms with Crippen LogP contribution in [0.1, 0.15) is 30.0 Å². The Kier molecular flexibility index (Phi) is 5.34. The van der Waals surface area contributed by atoms with E-state index in [-0.39, 0.29) is 12.8 Å². The van der Waals surface area contributed by atoms with E-state index in [0.29, 0.717) is 37.9 Å². The smallest absolute Gasteiger partial charge is 0.250 e. The summed E-state index contributed by atoms with van der Waals surface area (Å²) in [5, 5.41) is 7.57. The lowest BCUT2D eigenvalue weighted by Gasteiger charge is -2.30. The summed E-state index contributed by atoms with van der Waals surface area (Å²) < 4.78 is 34.1. The molecule has 1 saturated heterocycles. The van der Waals surface area contributed by atoms with Gasteiger partial charge >= 0.3 is 0 Å². The van der Waals surface area contributed by atoms with E-state index in [0.717, 1.165) is 28.2 Å². The molecule has 4 heterocycles. The van der Waals surface area contributed by atoms with Crippen molar-refractivity contribution >= 4 is 11.3 Å². The summed E-state index contributed by atoms with van der Waals surface area (Å²) in [6.07, 6.45) is 3.59. The number of imidazole rings is 1. The number of benzene rings is 1. The largest absolute Gasteiger partial charge is 0.379 e. The highest BCUT2D eigenvalue weighted by Crippen LogP contribution is 2.29. The van der Waals surface area contributed by atoms with Gasteiger partial charge < -0.3 is 14.2 Å². The normalized spacial score (nSPS) is 16.5. The maximum absolute atomic E-state index is 13.4. The summed E-state index contributed by atoms with van der Waals surface area (Å²) in [6.45, 7) is 3.69. The number of alkyl halides is 2. The van der Waals surface area contributed by atoms with Gasteiger partial charge in [0.25, 0.3) is 5.92 Å². The van der Waals surface area contributed by atoms with E-state index in [1.807, 2.05) is 65.0 Å². The van der Waals surface area contributed by atoms with Crippen LogP contribution in [-0.2, 0) is 13.1 Å². The van der Waals surface area contributed by atoms with Crippen molar-refractivity contribution in [3.63, 3.8) is 0 Å². The van der Waals surface area contributed by atoms with Crippen LogP contribution < -0.4 is 5.32 Å². The van der Waals surface area contributed by atoms with E-state index in [1.165, 1.54) is 0 Å². The lowest BCUT2D eigenvalue weighted by molar-refractivity contribution is -0.0580. The fraction of sp³-hybridized carbons (Fsp3) is 0.348. The molecule has 0 spiro atoms. The van der Waals surface area contributed by atoms with Gasteiger partial charge in [0.1, 0.15) is 5.65 Å². The number of aryl methyl sites for hydroxylation is 1. The van der Waals surface area contributed by atoms with Gasteiger partial charge in [0.15, 0.2) is 0 Å². The number of nitrogens with one attached hydrogen (secondary N) is 1. The first kappa shape index (κ1) is 20.6. The van der Waals surface area contributed by atoms with E-state index < -0.39 is 5.92 Å². The van der Waals surface area contributed by atoms with Crippen LogP contribution >= 0.6 is 0 Å². The predicted molar refractivity (Wildman–Crippen MR) is 116 cm³/mol. The highest BCUT2D eigenvalue weighted by molar-refractivity contribution is 5.65. The Morgan fingerprint density at radius 2 is 2.00 bits per heavy atom. The molecule has 5 rings (SSSR count).